The molecule has 1 saturated heterocycles. The summed E-state index contributed by atoms with van der Waals surface area (Å²) in [4.78, 5) is 18.5. The van der Waals surface area contributed by atoms with Crippen LogP contribution in [0.15, 0.2) is 53.5 Å². The van der Waals surface area contributed by atoms with E-state index in [0.29, 0.717) is 12.4 Å². The summed E-state index contributed by atoms with van der Waals surface area (Å²) in [5.74, 6) is 1.97. The van der Waals surface area contributed by atoms with Crippen LogP contribution in [0.5, 0.6) is 5.75 Å². The van der Waals surface area contributed by atoms with Gasteiger partial charge in [-0.05, 0) is 49.7 Å². The van der Waals surface area contributed by atoms with Crippen LogP contribution in [0.25, 0.3) is 5.69 Å². The smallest absolute Gasteiger partial charge is 0.316 e. The molecule has 0 N–H and O–H groups in total. The summed E-state index contributed by atoms with van der Waals surface area (Å²) >= 11 is 0. The zero-order chi connectivity index (χ0) is 23.9. The molecule has 1 aromatic carbocycles. The number of rotatable bonds is 8. The van der Waals surface area contributed by atoms with E-state index in [4.69, 9.17) is 4.74 Å². The van der Waals surface area contributed by atoms with Crippen molar-refractivity contribution < 1.29 is 4.74 Å². The van der Waals surface area contributed by atoms with Gasteiger partial charge in [0.1, 0.15) is 5.69 Å². The predicted molar refractivity (Wildman–Crippen MR) is 142 cm³/mol. The molecule has 188 valence electrons. The maximum atomic E-state index is 13.6. The summed E-state index contributed by atoms with van der Waals surface area (Å²) < 4.78 is 7.78. The van der Waals surface area contributed by atoms with Crippen molar-refractivity contribution in [2.24, 2.45) is 11.8 Å². The first kappa shape index (κ1) is 24.1. The van der Waals surface area contributed by atoms with Gasteiger partial charge in [0.05, 0.1) is 18.5 Å². The quantitative estimate of drug-likeness (QED) is 0.499. The molecule has 6 heteroatoms. The second-order valence-corrected chi connectivity index (χ2v) is 10.5. The normalized spacial score (nSPS) is 21.8. The molecule has 35 heavy (non-hydrogen) atoms. The fraction of sp³-hybridized carbons (Fsp3) is 0.586. The monoisotopic (exact) mass is 476 g/mol. The van der Waals surface area contributed by atoms with Gasteiger partial charge in [-0.15, -0.1) is 0 Å². The number of benzene rings is 1. The Morgan fingerprint density at radius 2 is 1.71 bits per heavy atom. The molecule has 1 aromatic heterocycles. The molecule has 1 unspecified atom stereocenters. The van der Waals surface area contributed by atoms with Crippen molar-refractivity contribution >= 4 is 5.69 Å². The van der Waals surface area contributed by atoms with Crippen molar-refractivity contribution in [2.75, 3.05) is 44.2 Å². The fourth-order valence-electron chi connectivity index (χ4n) is 5.91. The molecule has 2 aromatic rings. The van der Waals surface area contributed by atoms with Crippen LogP contribution < -0.4 is 15.2 Å². The molecule has 3 aliphatic rings. The molecule has 6 nitrogen and oxygen atoms in total. The van der Waals surface area contributed by atoms with E-state index < -0.39 is 0 Å². The first-order valence-electron chi connectivity index (χ1n) is 13.7. The molecule has 0 amide bonds. The third-order valence-electron chi connectivity index (χ3n) is 8.02. The molecule has 1 saturated carbocycles. The Morgan fingerprint density at radius 1 is 0.914 bits per heavy atom. The Kier molecular flexibility index (Phi) is 8.19. The minimum atomic E-state index is -0.159. The fourth-order valence-corrected chi connectivity index (χ4v) is 5.91. The van der Waals surface area contributed by atoms with E-state index in [-0.39, 0.29) is 5.56 Å². The third-order valence-corrected chi connectivity index (χ3v) is 8.02. The maximum absolute atomic E-state index is 13.6. The topological polar surface area (TPSA) is 50.6 Å². The van der Waals surface area contributed by atoms with E-state index >= 15 is 0 Å². The zero-order valence-electron chi connectivity index (χ0n) is 21.0. The summed E-state index contributed by atoms with van der Waals surface area (Å²) in [5.41, 5.74) is 1.47. The molecule has 2 aliphatic carbocycles. The van der Waals surface area contributed by atoms with E-state index in [9.17, 15) is 4.79 Å². The second-order valence-electron chi connectivity index (χ2n) is 10.5. The molecule has 5 rings (SSSR count). The predicted octanol–water partition coefficient (Wildman–Crippen LogP) is 5.06. The molecule has 2 fully saturated rings. The average Bonchev–Trinajstić information content (AvgIpc) is 2.92. The van der Waals surface area contributed by atoms with Crippen molar-refractivity contribution in [3.63, 3.8) is 0 Å². The first-order valence-corrected chi connectivity index (χ1v) is 13.7. The van der Waals surface area contributed by atoms with E-state index in [2.05, 4.69) is 27.1 Å². The van der Waals surface area contributed by atoms with Gasteiger partial charge in [0.25, 0.3) is 0 Å². The molecule has 1 atom stereocenters. The molecule has 0 radical (unpaired) electrons. The van der Waals surface area contributed by atoms with Gasteiger partial charge in [-0.3, -0.25) is 9.69 Å². The number of allylic oxidation sites excluding steroid dienone is 2. The maximum Gasteiger partial charge on any atom is 0.316 e. The van der Waals surface area contributed by atoms with Gasteiger partial charge >= 0.3 is 5.56 Å². The highest BCUT2D eigenvalue weighted by molar-refractivity contribution is 5.57. The first-order chi connectivity index (χ1) is 17.3. The van der Waals surface area contributed by atoms with Crippen molar-refractivity contribution in [1.82, 2.24) is 14.7 Å². The molecule has 0 bridgehead atoms. The summed E-state index contributed by atoms with van der Waals surface area (Å²) in [6, 6.07) is 9.65. The van der Waals surface area contributed by atoms with Crippen molar-refractivity contribution in [3.05, 3.63) is 59.0 Å². The van der Waals surface area contributed by atoms with Crippen LogP contribution in [0.4, 0.5) is 5.69 Å². The SMILES string of the molecule is O=c1c(OCCC2CCCCC2)c(N2CCN(CC3CC=CCC3)CC2)cnn1-c1ccccc1. The Balaban J connectivity index is 1.29. The Morgan fingerprint density at radius 3 is 2.46 bits per heavy atom. The van der Waals surface area contributed by atoms with Crippen LogP contribution in [-0.4, -0.2) is 54.0 Å². The van der Waals surface area contributed by atoms with Crippen LogP contribution >= 0.6 is 0 Å². The van der Waals surface area contributed by atoms with Gasteiger partial charge < -0.3 is 9.64 Å². The zero-order valence-corrected chi connectivity index (χ0v) is 21.0. The van der Waals surface area contributed by atoms with Gasteiger partial charge in [-0.2, -0.15) is 9.78 Å². The number of hydrogen-bond donors (Lipinski definition) is 0. The minimum absolute atomic E-state index is 0.159. The van der Waals surface area contributed by atoms with Crippen molar-refractivity contribution in [2.45, 2.75) is 57.8 Å². The van der Waals surface area contributed by atoms with Crippen LogP contribution in [-0.2, 0) is 0 Å². The lowest BCUT2D eigenvalue weighted by molar-refractivity contribution is 0.210. The summed E-state index contributed by atoms with van der Waals surface area (Å²) in [7, 11) is 0. The number of aromatic nitrogens is 2. The van der Waals surface area contributed by atoms with Crippen LogP contribution in [0.1, 0.15) is 57.8 Å². The highest BCUT2D eigenvalue weighted by Crippen LogP contribution is 2.29. The summed E-state index contributed by atoms with van der Waals surface area (Å²) in [5, 5.41) is 4.56. The number of hydrogen-bond acceptors (Lipinski definition) is 5. The Hall–Kier alpha value is -2.60. The van der Waals surface area contributed by atoms with Crippen LogP contribution in [0, 0.1) is 11.8 Å². The summed E-state index contributed by atoms with van der Waals surface area (Å²) in [6.45, 7) is 5.61. The summed E-state index contributed by atoms with van der Waals surface area (Å²) in [6.07, 6.45) is 17.8. The lowest BCUT2D eigenvalue weighted by Gasteiger charge is -2.38. The number of piperazine rings is 1. The minimum Gasteiger partial charge on any atom is -0.486 e. The van der Waals surface area contributed by atoms with Gasteiger partial charge in [0.15, 0.2) is 0 Å². The van der Waals surface area contributed by atoms with E-state index in [1.807, 2.05) is 36.5 Å². The van der Waals surface area contributed by atoms with Crippen molar-refractivity contribution in [3.8, 4) is 11.4 Å². The lowest BCUT2D eigenvalue weighted by Crippen LogP contribution is -2.48. The molecule has 2 heterocycles. The van der Waals surface area contributed by atoms with Gasteiger partial charge in [0, 0.05) is 32.7 Å². The van der Waals surface area contributed by atoms with Crippen molar-refractivity contribution in [1.29, 1.82) is 0 Å². The van der Waals surface area contributed by atoms with Gasteiger partial charge in [-0.1, -0.05) is 62.5 Å². The number of ether oxygens (including phenoxy) is 1. The van der Waals surface area contributed by atoms with E-state index in [1.54, 1.807) is 0 Å². The molecule has 1 aliphatic heterocycles. The highest BCUT2D eigenvalue weighted by Gasteiger charge is 2.25. The van der Waals surface area contributed by atoms with Gasteiger partial charge in [-0.25, -0.2) is 0 Å². The Labute approximate surface area is 209 Å². The largest absolute Gasteiger partial charge is 0.486 e. The molecular weight excluding hydrogens is 436 g/mol. The molecular formula is C29H40N4O2. The number of anilines is 1. The van der Waals surface area contributed by atoms with E-state index in [1.165, 1.54) is 62.6 Å². The third kappa shape index (κ3) is 6.16. The van der Waals surface area contributed by atoms with Crippen LogP contribution in [0.3, 0.4) is 0 Å². The number of nitrogens with zero attached hydrogens (tertiary/aromatic N) is 4. The number of para-hydroxylation sites is 1. The standard InChI is InChI=1S/C29H40N4O2/c34-29-28(35-21-16-24-10-4-1-5-11-24)27(22-30-33(29)26-14-8-3-9-15-26)32-19-17-31(18-20-32)23-25-12-6-2-7-13-25/h2-3,6,8-9,14-15,22,24-25H,1,4-5,7,10-13,16-21,23H2. The van der Waals surface area contributed by atoms with Gasteiger partial charge in [0.2, 0.25) is 5.75 Å². The van der Waals surface area contributed by atoms with E-state index in [0.717, 1.165) is 55.8 Å². The highest BCUT2D eigenvalue weighted by atomic mass is 16.5. The lowest BCUT2D eigenvalue weighted by atomic mass is 9.87. The average molecular weight is 477 g/mol. The molecule has 0 spiro atoms. The van der Waals surface area contributed by atoms with Crippen LogP contribution in [0.2, 0.25) is 0 Å². The second kappa shape index (κ2) is 11.9. The Bertz CT molecular complexity index is 1020.